The molecule has 0 radical (unpaired) electrons. The first-order valence-corrected chi connectivity index (χ1v) is 10.1. The van der Waals surface area contributed by atoms with E-state index in [9.17, 15) is 18.0 Å². The van der Waals surface area contributed by atoms with Crippen LogP contribution in [0.4, 0.5) is 18.9 Å². The molecule has 2 N–H and O–H groups in total. The molecular formula is C24H21F3N2O3. The van der Waals surface area contributed by atoms with Gasteiger partial charge in [-0.1, -0.05) is 24.3 Å². The number of carboxylic acids is 1. The minimum absolute atomic E-state index is 0.0549. The van der Waals surface area contributed by atoms with E-state index in [0.717, 1.165) is 34.6 Å². The normalized spacial score (nSPS) is 15.2. The number of carbonyl (C=O) groups is 1. The molecule has 1 unspecified atom stereocenters. The van der Waals surface area contributed by atoms with Crippen molar-refractivity contribution in [2.75, 3.05) is 11.9 Å². The van der Waals surface area contributed by atoms with Gasteiger partial charge in [-0.25, -0.2) is 0 Å². The van der Waals surface area contributed by atoms with Crippen LogP contribution in [-0.2, 0) is 17.6 Å². The maximum Gasteiger partial charge on any atom is 0.416 e. The summed E-state index contributed by atoms with van der Waals surface area (Å²) in [6.45, 7) is 2.69. The fraction of sp³-hybridized carbons (Fsp3) is 0.250. The Balaban J connectivity index is 1.43. The van der Waals surface area contributed by atoms with Gasteiger partial charge < -0.3 is 15.2 Å². The number of aryl methyl sites for hydroxylation is 1. The Bertz CT molecular complexity index is 1140. The molecule has 32 heavy (non-hydrogen) atoms. The molecule has 5 nitrogen and oxygen atoms in total. The average molecular weight is 442 g/mol. The zero-order valence-corrected chi connectivity index (χ0v) is 17.2. The highest BCUT2D eigenvalue weighted by molar-refractivity contribution is 5.71. The maximum atomic E-state index is 12.7. The van der Waals surface area contributed by atoms with Gasteiger partial charge in [-0.2, -0.15) is 13.2 Å². The van der Waals surface area contributed by atoms with E-state index in [-0.39, 0.29) is 18.9 Å². The van der Waals surface area contributed by atoms with Gasteiger partial charge in [-0.05, 0) is 36.8 Å². The van der Waals surface area contributed by atoms with Gasteiger partial charge >= 0.3 is 12.1 Å². The summed E-state index contributed by atoms with van der Waals surface area (Å²) >= 11 is 0. The number of benzene rings is 2. The van der Waals surface area contributed by atoms with Gasteiger partial charge in [0.15, 0.2) is 0 Å². The number of aliphatic carboxylic acids is 1. The second-order valence-corrected chi connectivity index (χ2v) is 7.73. The third-order valence-corrected chi connectivity index (χ3v) is 5.52. The highest BCUT2D eigenvalue weighted by atomic mass is 19.4. The Labute approximate surface area is 182 Å². The molecular weight excluding hydrogens is 421 g/mol. The number of pyridine rings is 1. The van der Waals surface area contributed by atoms with E-state index in [1.165, 1.54) is 12.1 Å². The van der Waals surface area contributed by atoms with Gasteiger partial charge in [0.05, 0.1) is 17.7 Å². The number of rotatable bonds is 6. The minimum atomic E-state index is -4.37. The van der Waals surface area contributed by atoms with Gasteiger partial charge in [0, 0.05) is 41.0 Å². The molecule has 2 heterocycles. The fourth-order valence-corrected chi connectivity index (χ4v) is 3.76. The summed E-state index contributed by atoms with van der Waals surface area (Å²) in [6, 6.07) is 14.1. The van der Waals surface area contributed by atoms with Crippen LogP contribution < -0.4 is 10.1 Å². The minimum Gasteiger partial charge on any atom is -0.489 e. The molecule has 0 saturated carbocycles. The predicted octanol–water partition coefficient (Wildman–Crippen LogP) is 5.64. The summed E-state index contributed by atoms with van der Waals surface area (Å²) in [5.74, 6) is -0.230. The molecule has 166 valence electrons. The molecule has 1 atom stereocenters. The van der Waals surface area contributed by atoms with Crippen molar-refractivity contribution in [3.8, 4) is 17.0 Å². The van der Waals surface area contributed by atoms with Crippen LogP contribution in [-0.4, -0.2) is 22.6 Å². The second kappa shape index (κ2) is 8.53. The maximum absolute atomic E-state index is 12.7. The van der Waals surface area contributed by atoms with Crippen molar-refractivity contribution in [1.82, 2.24) is 4.98 Å². The molecule has 0 amide bonds. The number of anilines is 1. The van der Waals surface area contributed by atoms with E-state index < -0.39 is 17.7 Å². The monoisotopic (exact) mass is 442 g/mol. The van der Waals surface area contributed by atoms with Crippen molar-refractivity contribution in [3.05, 3.63) is 77.0 Å². The first kappa shape index (κ1) is 21.7. The predicted molar refractivity (Wildman–Crippen MR) is 114 cm³/mol. The highest BCUT2D eigenvalue weighted by Crippen LogP contribution is 2.36. The third-order valence-electron chi connectivity index (χ3n) is 5.52. The molecule has 0 fully saturated rings. The van der Waals surface area contributed by atoms with E-state index >= 15 is 0 Å². The van der Waals surface area contributed by atoms with Gasteiger partial charge in [0.2, 0.25) is 0 Å². The van der Waals surface area contributed by atoms with Crippen molar-refractivity contribution in [3.63, 3.8) is 0 Å². The Morgan fingerprint density at radius 3 is 2.56 bits per heavy atom. The van der Waals surface area contributed by atoms with Gasteiger partial charge in [0.1, 0.15) is 12.4 Å². The summed E-state index contributed by atoms with van der Waals surface area (Å²) in [6.07, 6.45) is -4.29. The number of carboxylic acid groups (broad SMARTS) is 1. The Hall–Kier alpha value is -3.55. The van der Waals surface area contributed by atoms with Crippen molar-refractivity contribution >= 4 is 11.7 Å². The van der Waals surface area contributed by atoms with Crippen LogP contribution in [0.5, 0.6) is 5.75 Å². The van der Waals surface area contributed by atoms with Gasteiger partial charge in [0.25, 0.3) is 0 Å². The summed E-state index contributed by atoms with van der Waals surface area (Å²) in [7, 11) is 0. The zero-order chi connectivity index (χ0) is 22.9. The van der Waals surface area contributed by atoms with Crippen molar-refractivity contribution in [1.29, 1.82) is 0 Å². The highest BCUT2D eigenvalue weighted by Gasteiger charge is 2.30. The molecule has 4 rings (SSSR count). The molecule has 0 saturated heterocycles. The van der Waals surface area contributed by atoms with Gasteiger partial charge in [-0.3, -0.25) is 9.78 Å². The molecule has 0 bridgehead atoms. The van der Waals surface area contributed by atoms with Crippen molar-refractivity contribution < 1.29 is 27.8 Å². The Morgan fingerprint density at radius 2 is 1.91 bits per heavy atom. The molecule has 1 aliphatic heterocycles. The standard InChI is InChI=1S/C24H21F3N2O3/c1-14-16(4-9-21(29-14)15-2-5-18(6-3-15)24(25,26)27)13-32-19-7-8-20-17(10-23(30)31)12-28-22(20)11-19/h2-9,11,17,28H,10,12-13H2,1H3,(H,30,31). The number of nitrogens with one attached hydrogen (secondary N) is 1. The van der Waals surface area contributed by atoms with E-state index in [1.807, 2.05) is 31.2 Å². The lowest BCUT2D eigenvalue weighted by atomic mass is 9.98. The number of nitrogens with zero attached hydrogens (tertiary/aromatic N) is 1. The van der Waals surface area contributed by atoms with Crippen LogP contribution in [0.3, 0.4) is 0 Å². The zero-order valence-electron chi connectivity index (χ0n) is 17.2. The molecule has 0 spiro atoms. The topological polar surface area (TPSA) is 71.5 Å². The van der Waals surface area contributed by atoms with Crippen LogP contribution >= 0.6 is 0 Å². The molecule has 0 aliphatic carbocycles. The summed E-state index contributed by atoms with van der Waals surface area (Å²) in [5, 5.41) is 12.2. The van der Waals surface area contributed by atoms with E-state index in [2.05, 4.69) is 10.3 Å². The second-order valence-electron chi connectivity index (χ2n) is 7.73. The van der Waals surface area contributed by atoms with E-state index in [0.29, 0.717) is 23.6 Å². The molecule has 1 aliphatic rings. The van der Waals surface area contributed by atoms with Crippen molar-refractivity contribution in [2.24, 2.45) is 0 Å². The van der Waals surface area contributed by atoms with Crippen LogP contribution in [0.2, 0.25) is 0 Å². The van der Waals surface area contributed by atoms with Crippen LogP contribution in [0.25, 0.3) is 11.3 Å². The summed E-state index contributed by atoms with van der Waals surface area (Å²) in [5.41, 5.74) is 3.93. The number of alkyl halides is 3. The van der Waals surface area contributed by atoms with E-state index in [4.69, 9.17) is 9.84 Å². The van der Waals surface area contributed by atoms with Crippen LogP contribution in [0.15, 0.2) is 54.6 Å². The SMILES string of the molecule is Cc1nc(-c2ccc(C(F)(F)F)cc2)ccc1COc1ccc2c(c1)NCC2CC(=O)O. The quantitative estimate of drug-likeness (QED) is 0.517. The lowest BCUT2D eigenvalue weighted by Gasteiger charge is -2.12. The number of hydrogen-bond donors (Lipinski definition) is 2. The number of ether oxygens (including phenoxy) is 1. The number of hydrogen-bond acceptors (Lipinski definition) is 4. The third kappa shape index (κ3) is 4.69. The lowest BCUT2D eigenvalue weighted by molar-refractivity contribution is -0.138. The molecule has 8 heteroatoms. The Morgan fingerprint density at radius 1 is 1.16 bits per heavy atom. The first-order valence-electron chi connectivity index (χ1n) is 10.1. The van der Waals surface area contributed by atoms with Gasteiger partial charge in [-0.15, -0.1) is 0 Å². The van der Waals surface area contributed by atoms with E-state index in [1.54, 1.807) is 6.07 Å². The smallest absolute Gasteiger partial charge is 0.416 e. The van der Waals surface area contributed by atoms with Crippen molar-refractivity contribution in [2.45, 2.75) is 32.0 Å². The average Bonchev–Trinajstić information content (AvgIpc) is 3.13. The molecule has 3 aromatic rings. The fourth-order valence-electron chi connectivity index (χ4n) is 3.76. The summed E-state index contributed by atoms with van der Waals surface area (Å²) < 4.78 is 44.1. The first-order chi connectivity index (χ1) is 15.2. The van der Waals surface area contributed by atoms with Crippen LogP contribution in [0.1, 0.15) is 34.7 Å². The molecule has 1 aromatic heterocycles. The Kier molecular flexibility index (Phi) is 5.78. The number of aromatic nitrogens is 1. The summed E-state index contributed by atoms with van der Waals surface area (Å²) in [4.78, 5) is 15.5. The number of fused-ring (bicyclic) bond motifs is 1. The molecule has 2 aromatic carbocycles. The lowest BCUT2D eigenvalue weighted by Crippen LogP contribution is -2.07. The largest absolute Gasteiger partial charge is 0.489 e. The number of halogens is 3. The van der Waals surface area contributed by atoms with Crippen LogP contribution in [0, 0.1) is 6.92 Å².